The molecule has 2 aromatic carbocycles. The molecule has 18 heavy (non-hydrogen) atoms. The van der Waals surface area contributed by atoms with Crippen molar-refractivity contribution in [1.82, 2.24) is 0 Å². The molecule has 0 amide bonds. The second-order valence-electron chi connectivity index (χ2n) is 4.63. The van der Waals surface area contributed by atoms with Gasteiger partial charge >= 0.3 is 0 Å². The molecule has 0 heterocycles. The van der Waals surface area contributed by atoms with Crippen LogP contribution in [0.15, 0.2) is 36.4 Å². The van der Waals surface area contributed by atoms with Gasteiger partial charge in [-0.1, -0.05) is 24.3 Å². The molecule has 2 aromatic rings. The van der Waals surface area contributed by atoms with E-state index in [0.29, 0.717) is 11.1 Å². The van der Waals surface area contributed by atoms with Gasteiger partial charge in [-0.3, -0.25) is 9.59 Å². The van der Waals surface area contributed by atoms with Crippen LogP contribution in [0.2, 0.25) is 0 Å². The predicted octanol–water partition coefficient (Wildman–Crippen LogP) is 3.74. The third-order valence-electron chi connectivity index (χ3n) is 3.43. The number of carbonyl (C=O) groups is 2. The Labute approximate surface area is 105 Å². The molecular formula is C16H12O2. The summed E-state index contributed by atoms with van der Waals surface area (Å²) >= 11 is 0. The van der Waals surface area contributed by atoms with Crippen LogP contribution in [-0.4, -0.2) is 11.6 Å². The van der Waals surface area contributed by atoms with Crippen molar-refractivity contribution in [3.05, 3.63) is 47.5 Å². The summed E-state index contributed by atoms with van der Waals surface area (Å²) in [5.74, 6) is 0.128. The maximum Gasteiger partial charge on any atom is 0.159 e. The second-order valence-corrected chi connectivity index (χ2v) is 4.63. The van der Waals surface area contributed by atoms with E-state index in [1.807, 2.05) is 36.4 Å². The summed E-state index contributed by atoms with van der Waals surface area (Å²) in [7, 11) is 0. The molecule has 0 atom stereocenters. The monoisotopic (exact) mass is 236 g/mol. The molecule has 0 spiro atoms. The number of fused-ring (bicyclic) bond motifs is 4. The number of rotatable bonds is 2. The Morgan fingerprint density at radius 3 is 1.39 bits per heavy atom. The minimum atomic E-state index is 0.0639. The van der Waals surface area contributed by atoms with E-state index >= 15 is 0 Å². The highest BCUT2D eigenvalue weighted by Crippen LogP contribution is 2.47. The molecule has 0 N–H and O–H groups in total. The van der Waals surface area contributed by atoms with Gasteiger partial charge in [-0.05, 0) is 48.2 Å². The van der Waals surface area contributed by atoms with E-state index in [4.69, 9.17) is 0 Å². The van der Waals surface area contributed by atoms with E-state index in [1.165, 1.54) is 0 Å². The molecule has 0 radical (unpaired) electrons. The Balaban J connectivity index is 2.13. The average Bonchev–Trinajstić information content (AvgIpc) is 2.34. The van der Waals surface area contributed by atoms with Crippen molar-refractivity contribution >= 4 is 11.6 Å². The highest BCUT2D eigenvalue weighted by atomic mass is 16.1. The van der Waals surface area contributed by atoms with Crippen molar-refractivity contribution < 1.29 is 9.59 Å². The first kappa shape index (κ1) is 10.9. The van der Waals surface area contributed by atoms with E-state index in [9.17, 15) is 9.59 Å². The average molecular weight is 236 g/mol. The molecule has 0 saturated carbocycles. The Bertz CT molecular complexity index is 635. The first-order valence-electron chi connectivity index (χ1n) is 5.88. The summed E-state index contributed by atoms with van der Waals surface area (Å²) in [6.07, 6.45) is 0. The lowest BCUT2D eigenvalue weighted by atomic mass is 9.78. The molecule has 0 unspecified atom stereocenters. The fourth-order valence-electron chi connectivity index (χ4n) is 2.38. The normalized spacial score (nSPS) is 11.2. The lowest BCUT2D eigenvalue weighted by Crippen LogP contribution is -2.04. The van der Waals surface area contributed by atoms with Gasteiger partial charge in [0.15, 0.2) is 11.6 Å². The van der Waals surface area contributed by atoms with Crippen molar-refractivity contribution in [2.45, 2.75) is 13.8 Å². The van der Waals surface area contributed by atoms with Gasteiger partial charge in [-0.2, -0.15) is 0 Å². The number of Topliss-reactive ketones (excluding diaryl/α,β-unsaturated/α-hetero) is 2. The maximum atomic E-state index is 11.4. The number of hydrogen-bond donors (Lipinski definition) is 0. The third kappa shape index (κ3) is 1.42. The Kier molecular flexibility index (Phi) is 2.20. The summed E-state index contributed by atoms with van der Waals surface area (Å²) < 4.78 is 0. The quantitative estimate of drug-likeness (QED) is 0.635. The maximum absolute atomic E-state index is 11.4. The van der Waals surface area contributed by atoms with Gasteiger partial charge in [-0.15, -0.1) is 0 Å². The van der Waals surface area contributed by atoms with Gasteiger partial charge in [0.25, 0.3) is 0 Å². The molecule has 0 bridgehead atoms. The Hall–Kier alpha value is -2.22. The standard InChI is InChI=1S/C16H12O2/c1-9(17)11-3-5-13-14-6-4-12(10(2)18)8-16(14)15(13)7-11/h3-8H,1-2H3. The Morgan fingerprint density at radius 2 is 1.06 bits per heavy atom. The highest BCUT2D eigenvalue weighted by molar-refractivity contribution is 6.08. The second kappa shape index (κ2) is 3.64. The number of carbonyl (C=O) groups excluding carboxylic acids is 2. The number of hydrogen-bond acceptors (Lipinski definition) is 2. The summed E-state index contributed by atoms with van der Waals surface area (Å²) in [6.45, 7) is 3.13. The third-order valence-corrected chi connectivity index (χ3v) is 3.43. The van der Waals surface area contributed by atoms with Gasteiger partial charge in [0.1, 0.15) is 0 Å². The van der Waals surface area contributed by atoms with Gasteiger partial charge < -0.3 is 0 Å². The van der Waals surface area contributed by atoms with Crippen LogP contribution < -0.4 is 0 Å². The van der Waals surface area contributed by atoms with E-state index in [1.54, 1.807) is 13.8 Å². The van der Waals surface area contributed by atoms with Crippen molar-refractivity contribution in [3.8, 4) is 22.3 Å². The lowest BCUT2D eigenvalue weighted by Gasteiger charge is -2.24. The molecule has 2 heteroatoms. The van der Waals surface area contributed by atoms with E-state index in [-0.39, 0.29) is 11.6 Å². The number of benzene rings is 2. The van der Waals surface area contributed by atoms with Crippen LogP contribution in [0, 0.1) is 0 Å². The molecule has 1 aliphatic carbocycles. The van der Waals surface area contributed by atoms with E-state index in [2.05, 4.69) is 0 Å². The lowest BCUT2D eigenvalue weighted by molar-refractivity contribution is 0.100. The van der Waals surface area contributed by atoms with Crippen molar-refractivity contribution in [3.63, 3.8) is 0 Å². The minimum absolute atomic E-state index is 0.0639. The van der Waals surface area contributed by atoms with E-state index < -0.39 is 0 Å². The van der Waals surface area contributed by atoms with Gasteiger partial charge in [0.2, 0.25) is 0 Å². The zero-order valence-electron chi connectivity index (χ0n) is 10.3. The van der Waals surface area contributed by atoms with Crippen LogP contribution in [-0.2, 0) is 0 Å². The van der Waals surface area contributed by atoms with Crippen LogP contribution in [0.5, 0.6) is 0 Å². The summed E-state index contributed by atoms with van der Waals surface area (Å²) in [4.78, 5) is 22.7. The molecule has 2 nitrogen and oxygen atoms in total. The smallest absolute Gasteiger partial charge is 0.159 e. The van der Waals surface area contributed by atoms with Crippen LogP contribution >= 0.6 is 0 Å². The Morgan fingerprint density at radius 1 is 0.667 bits per heavy atom. The molecule has 0 aromatic heterocycles. The van der Waals surface area contributed by atoms with Crippen LogP contribution in [0.1, 0.15) is 34.6 Å². The zero-order chi connectivity index (χ0) is 12.9. The fraction of sp³-hybridized carbons (Fsp3) is 0.125. The SMILES string of the molecule is CC(=O)c1ccc2c(c1)-c1cc(C(C)=O)ccc1-2. The zero-order valence-corrected chi connectivity index (χ0v) is 10.3. The topological polar surface area (TPSA) is 34.1 Å². The van der Waals surface area contributed by atoms with Crippen LogP contribution in [0.3, 0.4) is 0 Å². The summed E-state index contributed by atoms with van der Waals surface area (Å²) in [6, 6.07) is 11.5. The molecule has 88 valence electrons. The van der Waals surface area contributed by atoms with Crippen molar-refractivity contribution in [2.75, 3.05) is 0 Å². The van der Waals surface area contributed by atoms with E-state index in [0.717, 1.165) is 22.3 Å². The van der Waals surface area contributed by atoms with Gasteiger partial charge in [0, 0.05) is 11.1 Å². The molecular weight excluding hydrogens is 224 g/mol. The largest absolute Gasteiger partial charge is 0.295 e. The van der Waals surface area contributed by atoms with Crippen LogP contribution in [0.25, 0.3) is 22.3 Å². The van der Waals surface area contributed by atoms with Crippen molar-refractivity contribution in [1.29, 1.82) is 0 Å². The summed E-state index contributed by atoms with van der Waals surface area (Å²) in [5, 5.41) is 0. The molecule has 1 aliphatic rings. The molecule has 0 saturated heterocycles. The van der Waals surface area contributed by atoms with Crippen LogP contribution in [0.4, 0.5) is 0 Å². The molecule has 3 rings (SSSR count). The highest BCUT2D eigenvalue weighted by Gasteiger charge is 2.23. The summed E-state index contributed by atoms with van der Waals surface area (Å²) in [5.41, 5.74) is 5.89. The first-order valence-corrected chi connectivity index (χ1v) is 5.88. The molecule has 0 fully saturated rings. The van der Waals surface area contributed by atoms with Gasteiger partial charge in [0.05, 0.1) is 0 Å². The predicted molar refractivity (Wildman–Crippen MR) is 70.9 cm³/mol. The minimum Gasteiger partial charge on any atom is -0.295 e. The first-order chi connectivity index (χ1) is 8.58. The van der Waals surface area contributed by atoms with Crippen molar-refractivity contribution in [2.24, 2.45) is 0 Å². The molecule has 0 aliphatic heterocycles. The fourth-order valence-corrected chi connectivity index (χ4v) is 2.38. The number of ketones is 2. The van der Waals surface area contributed by atoms with Gasteiger partial charge in [-0.25, -0.2) is 0 Å².